The minimum absolute atomic E-state index is 0.0138. The van der Waals surface area contributed by atoms with Crippen LogP contribution < -0.4 is 15.2 Å². The number of nitrogens with one attached hydrogen (secondary N) is 2. The summed E-state index contributed by atoms with van der Waals surface area (Å²) >= 11 is 3.20. The fraction of sp³-hybridized carbons (Fsp3) is 0.188. The second-order valence-corrected chi connectivity index (χ2v) is 9.90. The quantitative estimate of drug-likeness (QED) is 0.564. The molecule has 0 unspecified atom stereocenters. The van der Waals surface area contributed by atoms with Gasteiger partial charge in [0.25, 0.3) is 5.91 Å². The van der Waals surface area contributed by atoms with Crippen molar-refractivity contribution in [2.75, 3.05) is 15.8 Å². The number of amides is 1. The molecule has 8 nitrogen and oxygen atoms in total. The Kier molecular flexibility index (Phi) is 6.63. The highest BCUT2D eigenvalue weighted by atomic mass is 79.9. The molecule has 0 aromatic heterocycles. The van der Waals surface area contributed by atoms with Gasteiger partial charge in [0, 0.05) is 15.8 Å². The number of rotatable bonds is 7. The summed E-state index contributed by atoms with van der Waals surface area (Å²) in [6.45, 7) is 1.76. The smallest absolute Gasteiger partial charge is 0.256 e. The van der Waals surface area contributed by atoms with Crippen molar-refractivity contribution in [3.8, 4) is 0 Å². The van der Waals surface area contributed by atoms with Crippen LogP contribution in [0, 0.1) is 0 Å². The van der Waals surface area contributed by atoms with Gasteiger partial charge in [-0.25, -0.2) is 22.0 Å². The van der Waals surface area contributed by atoms with E-state index >= 15 is 0 Å². The average Bonchev–Trinajstić information content (AvgIpc) is 2.55. The SMILES string of the molecule is CCCS(=O)(=O)Nc1ccc(NC(=O)c2cc(S(N)(=O)=O)ccc2Br)cc1. The Morgan fingerprint density at radius 1 is 1.04 bits per heavy atom. The molecule has 11 heteroatoms. The van der Waals surface area contributed by atoms with Crippen molar-refractivity contribution in [1.29, 1.82) is 0 Å². The van der Waals surface area contributed by atoms with Gasteiger partial charge >= 0.3 is 0 Å². The number of carbonyl (C=O) groups excluding carboxylic acids is 1. The molecule has 0 aliphatic carbocycles. The molecule has 0 saturated heterocycles. The fourth-order valence-corrected chi connectivity index (χ4v) is 4.28. The van der Waals surface area contributed by atoms with E-state index in [9.17, 15) is 21.6 Å². The van der Waals surface area contributed by atoms with E-state index in [1.807, 2.05) is 0 Å². The molecule has 2 aromatic carbocycles. The molecule has 0 fully saturated rings. The van der Waals surface area contributed by atoms with Crippen LogP contribution in [0.5, 0.6) is 0 Å². The van der Waals surface area contributed by atoms with Gasteiger partial charge < -0.3 is 5.32 Å². The van der Waals surface area contributed by atoms with Gasteiger partial charge in [-0.3, -0.25) is 9.52 Å². The minimum Gasteiger partial charge on any atom is -0.322 e. The van der Waals surface area contributed by atoms with Crippen LogP contribution in [0.2, 0.25) is 0 Å². The molecule has 0 atom stereocenters. The molecule has 1 amide bonds. The second-order valence-electron chi connectivity index (χ2n) is 5.64. The molecule has 4 N–H and O–H groups in total. The molecule has 0 aliphatic rings. The van der Waals surface area contributed by atoms with E-state index in [1.54, 1.807) is 6.92 Å². The lowest BCUT2D eigenvalue weighted by Crippen LogP contribution is -2.17. The summed E-state index contributed by atoms with van der Waals surface area (Å²) in [5.74, 6) is -0.536. The van der Waals surface area contributed by atoms with Crippen molar-refractivity contribution in [3.05, 3.63) is 52.5 Å². The van der Waals surface area contributed by atoms with Crippen molar-refractivity contribution in [2.45, 2.75) is 18.2 Å². The first-order valence-electron chi connectivity index (χ1n) is 7.76. The highest BCUT2D eigenvalue weighted by Crippen LogP contribution is 2.22. The van der Waals surface area contributed by atoms with Crippen LogP contribution in [0.25, 0.3) is 0 Å². The van der Waals surface area contributed by atoms with Gasteiger partial charge in [0.2, 0.25) is 20.0 Å². The molecule has 0 saturated carbocycles. The van der Waals surface area contributed by atoms with E-state index in [0.29, 0.717) is 22.3 Å². The van der Waals surface area contributed by atoms with Crippen molar-refractivity contribution in [1.82, 2.24) is 0 Å². The molecular weight excluding hydrogens is 458 g/mol. The second kappa shape index (κ2) is 8.38. The molecule has 0 spiro atoms. The highest BCUT2D eigenvalue weighted by molar-refractivity contribution is 9.10. The maximum Gasteiger partial charge on any atom is 0.256 e. The van der Waals surface area contributed by atoms with E-state index in [4.69, 9.17) is 5.14 Å². The third-order valence-corrected chi connectivity index (χ3v) is 6.49. The number of benzene rings is 2. The van der Waals surface area contributed by atoms with Crippen molar-refractivity contribution >= 4 is 53.3 Å². The molecule has 0 aliphatic heterocycles. The van der Waals surface area contributed by atoms with Gasteiger partial charge in [-0.2, -0.15) is 0 Å². The number of halogens is 1. The van der Waals surface area contributed by atoms with E-state index in [2.05, 4.69) is 26.0 Å². The van der Waals surface area contributed by atoms with Crippen LogP contribution in [0.4, 0.5) is 11.4 Å². The molecule has 0 radical (unpaired) electrons. The summed E-state index contributed by atoms with van der Waals surface area (Å²) in [6.07, 6.45) is 0.496. The van der Waals surface area contributed by atoms with E-state index in [1.165, 1.54) is 42.5 Å². The first-order chi connectivity index (χ1) is 12.5. The Hall–Kier alpha value is -1.95. The van der Waals surface area contributed by atoms with Crippen molar-refractivity contribution < 1.29 is 21.6 Å². The first kappa shape index (κ1) is 21.4. The van der Waals surface area contributed by atoms with E-state index in [-0.39, 0.29) is 16.2 Å². The number of sulfonamides is 2. The Morgan fingerprint density at radius 2 is 1.63 bits per heavy atom. The molecule has 0 heterocycles. The zero-order valence-electron chi connectivity index (χ0n) is 14.3. The van der Waals surface area contributed by atoms with Crippen LogP contribution in [0.15, 0.2) is 51.8 Å². The maximum atomic E-state index is 12.4. The highest BCUT2D eigenvalue weighted by Gasteiger charge is 2.16. The van der Waals surface area contributed by atoms with Crippen LogP contribution in [0.3, 0.4) is 0 Å². The summed E-state index contributed by atoms with van der Waals surface area (Å²) in [5.41, 5.74) is 0.874. The first-order valence-corrected chi connectivity index (χ1v) is 11.8. The van der Waals surface area contributed by atoms with E-state index < -0.39 is 26.0 Å². The van der Waals surface area contributed by atoms with E-state index in [0.717, 1.165) is 0 Å². The molecule has 2 aromatic rings. The number of hydrogen-bond acceptors (Lipinski definition) is 5. The average molecular weight is 476 g/mol. The van der Waals surface area contributed by atoms with Gasteiger partial charge in [-0.1, -0.05) is 6.92 Å². The van der Waals surface area contributed by atoms with Crippen LogP contribution in [-0.4, -0.2) is 28.5 Å². The molecule has 2 rings (SSSR count). The minimum atomic E-state index is -3.94. The van der Waals surface area contributed by atoms with Gasteiger partial charge in [0.1, 0.15) is 0 Å². The zero-order valence-corrected chi connectivity index (χ0v) is 17.5. The topological polar surface area (TPSA) is 135 Å². The number of carbonyl (C=O) groups is 1. The third kappa shape index (κ3) is 6.03. The summed E-state index contributed by atoms with van der Waals surface area (Å²) in [6, 6.07) is 9.95. The summed E-state index contributed by atoms with van der Waals surface area (Å²) in [5, 5.41) is 7.70. The summed E-state index contributed by atoms with van der Waals surface area (Å²) in [7, 11) is -7.34. The van der Waals surface area contributed by atoms with Crippen molar-refractivity contribution in [2.24, 2.45) is 5.14 Å². The van der Waals surface area contributed by atoms with Crippen LogP contribution in [-0.2, 0) is 20.0 Å². The number of nitrogens with two attached hydrogens (primary N) is 1. The van der Waals surface area contributed by atoms with Crippen molar-refractivity contribution in [3.63, 3.8) is 0 Å². The van der Waals surface area contributed by atoms with Gasteiger partial charge in [-0.05, 0) is 64.8 Å². The van der Waals surface area contributed by atoms with Crippen LogP contribution in [0.1, 0.15) is 23.7 Å². The number of primary sulfonamides is 1. The Bertz CT molecular complexity index is 1050. The van der Waals surface area contributed by atoms with Gasteiger partial charge in [0.15, 0.2) is 0 Å². The number of anilines is 2. The monoisotopic (exact) mass is 475 g/mol. The Morgan fingerprint density at radius 3 is 2.19 bits per heavy atom. The lowest BCUT2D eigenvalue weighted by Gasteiger charge is -2.10. The molecule has 146 valence electrons. The lowest BCUT2D eigenvalue weighted by molar-refractivity contribution is 0.102. The Balaban J connectivity index is 2.17. The van der Waals surface area contributed by atoms with Gasteiger partial charge in [0.05, 0.1) is 16.2 Å². The standard InChI is InChI=1S/C16H18BrN3O5S2/c1-2-9-26(22,23)20-12-5-3-11(4-6-12)19-16(21)14-10-13(27(18,24)25)7-8-15(14)17/h3-8,10,20H,2,9H2,1H3,(H,19,21)(H2,18,24,25). The normalized spacial score (nSPS) is 11.8. The summed E-state index contributed by atoms with van der Waals surface area (Å²) < 4.78 is 49.2. The summed E-state index contributed by atoms with van der Waals surface area (Å²) in [4.78, 5) is 12.2. The molecular formula is C16H18BrN3O5S2. The molecule has 27 heavy (non-hydrogen) atoms. The lowest BCUT2D eigenvalue weighted by atomic mass is 10.2. The largest absolute Gasteiger partial charge is 0.322 e. The fourth-order valence-electron chi connectivity index (χ4n) is 2.17. The Labute approximate surface area is 166 Å². The predicted octanol–water partition coefficient (Wildman–Crippen LogP) is 2.50. The van der Waals surface area contributed by atoms with Crippen LogP contribution >= 0.6 is 15.9 Å². The zero-order chi connectivity index (χ0) is 20.2. The predicted molar refractivity (Wildman–Crippen MR) is 108 cm³/mol. The van der Waals surface area contributed by atoms with Gasteiger partial charge in [-0.15, -0.1) is 0 Å². The molecule has 0 bridgehead atoms. The maximum absolute atomic E-state index is 12.4. The third-order valence-electron chi connectivity index (χ3n) is 3.40. The number of hydrogen-bond donors (Lipinski definition) is 3.